The van der Waals surface area contributed by atoms with Gasteiger partial charge < -0.3 is 5.32 Å². The number of nitrogens with zero attached hydrogens (tertiary/aromatic N) is 1. The molecule has 0 spiro atoms. The minimum Gasteiger partial charge on any atom is -0.349 e. The highest BCUT2D eigenvalue weighted by Crippen LogP contribution is 2.27. The quantitative estimate of drug-likeness (QED) is 0.569. The van der Waals surface area contributed by atoms with E-state index in [1.54, 1.807) is 0 Å². The summed E-state index contributed by atoms with van der Waals surface area (Å²) in [5, 5.41) is 3.05. The summed E-state index contributed by atoms with van der Waals surface area (Å²) in [4.78, 5) is 12.5. The first-order chi connectivity index (χ1) is 15.9. The van der Waals surface area contributed by atoms with Crippen LogP contribution < -0.4 is 5.32 Å². The van der Waals surface area contributed by atoms with Crippen LogP contribution in [-0.2, 0) is 14.8 Å². The summed E-state index contributed by atoms with van der Waals surface area (Å²) in [6.07, 6.45) is 0.804. The molecule has 0 bridgehead atoms. The van der Waals surface area contributed by atoms with Crippen molar-refractivity contribution in [3.8, 4) is 11.1 Å². The van der Waals surface area contributed by atoms with E-state index in [4.69, 9.17) is 0 Å². The number of hydrogen-bond donors (Lipinski definition) is 1. The smallest absolute Gasteiger partial charge is 0.245 e. The molecule has 7 heteroatoms. The molecule has 172 valence electrons. The number of carbonyl (C=O) groups is 1. The van der Waals surface area contributed by atoms with Crippen molar-refractivity contribution in [1.82, 2.24) is 9.62 Å². The number of piperidine rings is 1. The topological polar surface area (TPSA) is 66.5 Å². The van der Waals surface area contributed by atoms with Crippen LogP contribution in [0.25, 0.3) is 11.1 Å². The largest absolute Gasteiger partial charge is 0.349 e. The number of hydrogen-bond acceptors (Lipinski definition) is 3. The van der Waals surface area contributed by atoms with Crippen molar-refractivity contribution in [2.24, 2.45) is 5.92 Å². The molecule has 1 heterocycles. The average molecular weight is 467 g/mol. The summed E-state index contributed by atoms with van der Waals surface area (Å²) in [5.74, 6) is -1.12. The minimum absolute atomic E-state index is 0.0856. The predicted octanol–water partition coefficient (Wildman–Crippen LogP) is 4.77. The third-order valence-electron chi connectivity index (χ3n) is 6.16. The molecule has 1 saturated heterocycles. The van der Waals surface area contributed by atoms with Gasteiger partial charge in [-0.2, -0.15) is 4.31 Å². The van der Waals surface area contributed by atoms with Gasteiger partial charge in [-0.25, -0.2) is 12.8 Å². The van der Waals surface area contributed by atoms with E-state index in [1.165, 1.54) is 22.5 Å². The maximum absolute atomic E-state index is 14.0. The van der Waals surface area contributed by atoms with Crippen molar-refractivity contribution in [3.05, 3.63) is 90.2 Å². The van der Waals surface area contributed by atoms with Gasteiger partial charge in [0.2, 0.25) is 15.9 Å². The summed E-state index contributed by atoms with van der Waals surface area (Å²) in [5.41, 5.74) is 3.25. The summed E-state index contributed by atoms with van der Waals surface area (Å²) in [6.45, 7) is 2.32. The molecule has 5 nitrogen and oxygen atoms in total. The number of rotatable bonds is 6. The Morgan fingerprint density at radius 1 is 0.909 bits per heavy atom. The van der Waals surface area contributed by atoms with Gasteiger partial charge in [-0.3, -0.25) is 4.79 Å². The van der Waals surface area contributed by atoms with Gasteiger partial charge in [-0.15, -0.1) is 0 Å². The van der Waals surface area contributed by atoms with Gasteiger partial charge in [-0.05, 0) is 48.6 Å². The van der Waals surface area contributed by atoms with Crippen molar-refractivity contribution < 1.29 is 17.6 Å². The van der Waals surface area contributed by atoms with Gasteiger partial charge in [0.1, 0.15) is 10.7 Å². The Hall–Kier alpha value is -3.03. The maximum Gasteiger partial charge on any atom is 0.245 e. The molecule has 3 aromatic rings. The Morgan fingerprint density at radius 3 is 2.12 bits per heavy atom. The lowest BCUT2D eigenvalue weighted by atomic mass is 9.96. The van der Waals surface area contributed by atoms with E-state index in [0.717, 1.165) is 22.8 Å². The van der Waals surface area contributed by atoms with E-state index in [0.29, 0.717) is 12.8 Å². The molecule has 0 saturated carbocycles. The third kappa shape index (κ3) is 5.15. The van der Waals surface area contributed by atoms with Crippen molar-refractivity contribution in [1.29, 1.82) is 0 Å². The SMILES string of the molecule is C[C@@H](NC(=O)C1CCN(S(=O)(=O)c2ccccc2F)CC1)c1ccc(-c2ccccc2)cc1. The summed E-state index contributed by atoms with van der Waals surface area (Å²) >= 11 is 0. The number of carbonyl (C=O) groups excluding carboxylic acids is 1. The van der Waals surface area contributed by atoms with Crippen molar-refractivity contribution >= 4 is 15.9 Å². The van der Waals surface area contributed by atoms with Gasteiger partial charge in [0, 0.05) is 19.0 Å². The normalized spacial score (nSPS) is 16.3. The lowest BCUT2D eigenvalue weighted by Crippen LogP contribution is -2.43. The van der Waals surface area contributed by atoms with Crippen LogP contribution in [0.15, 0.2) is 83.8 Å². The number of benzene rings is 3. The van der Waals surface area contributed by atoms with E-state index >= 15 is 0 Å². The molecule has 0 aromatic heterocycles. The Labute approximate surface area is 194 Å². The van der Waals surface area contributed by atoms with Gasteiger partial charge in [0.15, 0.2) is 0 Å². The zero-order valence-electron chi connectivity index (χ0n) is 18.4. The van der Waals surface area contributed by atoms with Crippen molar-refractivity contribution in [2.75, 3.05) is 13.1 Å². The van der Waals surface area contributed by atoms with Crippen LogP contribution in [0.1, 0.15) is 31.4 Å². The fourth-order valence-electron chi connectivity index (χ4n) is 4.16. The molecular weight excluding hydrogens is 439 g/mol. The minimum atomic E-state index is -3.91. The number of amides is 1. The molecule has 3 aromatic carbocycles. The summed E-state index contributed by atoms with van der Waals surface area (Å²) < 4.78 is 40.8. The second kappa shape index (κ2) is 9.85. The van der Waals surface area contributed by atoms with E-state index in [2.05, 4.69) is 17.4 Å². The van der Waals surface area contributed by atoms with E-state index in [-0.39, 0.29) is 35.9 Å². The van der Waals surface area contributed by atoms with Crippen LogP contribution in [0.5, 0.6) is 0 Å². The monoisotopic (exact) mass is 466 g/mol. The predicted molar refractivity (Wildman–Crippen MR) is 126 cm³/mol. The average Bonchev–Trinajstić information content (AvgIpc) is 2.85. The standard InChI is InChI=1S/C26H27FN2O3S/c1-19(20-11-13-22(14-12-20)21-7-3-2-4-8-21)28-26(30)23-15-17-29(18-16-23)33(31,32)25-10-6-5-9-24(25)27/h2-14,19,23H,15-18H2,1H3,(H,28,30)/t19-/m1/s1. The van der Waals surface area contributed by atoms with E-state index in [9.17, 15) is 17.6 Å². The molecule has 0 radical (unpaired) electrons. The maximum atomic E-state index is 14.0. The molecule has 33 heavy (non-hydrogen) atoms. The molecule has 1 amide bonds. The zero-order valence-corrected chi connectivity index (χ0v) is 19.3. The lowest BCUT2D eigenvalue weighted by Gasteiger charge is -2.31. The molecule has 1 aliphatic rings. The van der Waals surface area contributed by atoms with Gasteiger partial charge in [-0.1, -0.05) is 66.7 Å². The van der Waals surface area contributed by atoms with Crippen LogP contribution in [0.3, 0.4) is 0 Å². The molecular formula is C26H27FN2O3S. The molecule has 1 N–H and O–H groups in total. The first-order valence-corrected chi connectivity index (χ1v) is 12.5. The van der Waals surface area contributed by atoms with Crippen LogP contribution in [0.2, 0.25) is 0 Å². The highest BCUT2D eigenvalue weighted by molar-refractivity contribution is 7.89. The van der Waals surface area contributed by atoms with E-state index in [1.807, 2.05) is 49.4 Å². The van der Waals surface area contributed by atoms with E-state index < -0.39 is 15.8 Å². The van der Waals surface area contributed by atoms with Crippen molar-refractivity contribution in [2.45, 2.75) is 30.7 Å². The number of halogens is 1. The zero-order chi connectivity index (χ0) is 23.4. The highest BCUT2D eigenvalue weighted by Gasteiger charge is 2.33. The molecule has 1 fully saturated rings. The number of sulfonamides is 1. The molecule has 0 unspecified atom stereocenters. The van der Waals surface area contributed by atoms with Crippen LogP contribution in [-0.4, -0.2) is 31.7 Å². The summed E-state index contributed by atoms with van der Waals surface area (Å²) in [7, 11) is -3.91. The first-order valence-electron chi connectivity index (χ1n) is 11.1. The Morgan fingerprint density at radius 2 is 1.48 bits per heavy atom. The highest BCUT2D eigenvalue weighted by atomic mass is 32.2. The molecule has 1 atom stereocenters. The Balaban J connectivity index is 1.34. The Bertz CT molecular complexity index is 1210. The van der Waals surface area contributed by atoms with Gasteiger partial charge in [0.25, 0.3) is 0 Å². The van der Waals surface area contributed by atoms with Crippen LogP contribution in [0, 0.1) is 11.7 Å². The molecule has 4 rings (SSSR count). The van der Waals surface area contributed by atoms with Crippen molar-refractivity contribution in [3.63, 3.8) is 0 Å². The molecule has 0 aliphatic carbocycles. The van der Waals surface area contributed by atoms with Gasteiger partial charge in [0.05, 0.1) is 6.04 Å². The van der Waals surface area contributed by atoms with Crippen LogP contribution in [0.4, 0.5) is 4.39 Å². The number of nitrogens with one attached hydrogen (secondary N) is 1. The second-order valence-corrected chi connectivity index (χ2v) is 10.2. The fraction of sp³-hybridized carbons (Fsp3) is 0.269. The van der Waals surface area contributed by atoms with Crippen LogP contribution >= 0.6 is 0 Å². The molecule has 1 aliphatic heterocycles. The first kappa shape index (κ1) is 23.1. The lowest BCUT2D eigenvalue weighted by molar-refractivity contribution is -0.126. The third-order valence-corrected chi connectivity index (χ3v) is 8.09. The van der Waals surface area contributed by atoms with Gasteiger partial charge >= 0.3 is 0 Å². The fourth-order valence-corrected chi connectivity index (χ4v) is 5.70. The summed E-state index contributed by atoms with van der Waals surface area (Å²) in [6, 6.07) is 23.4. The second-order valence-electron chi connectivity index (χ2n) is 8.33. The Kier molecular flexibility index (Phi) is 6.91.